The number of hydrazine groups is 1. The highest BCUT2D eigenvalue weighted by Crippen LogP contribution is 2.30. The molecule has 0 saturated heterocycles. The highest BCUT2D eigenvalue weighted by molar-refractivity contribution is 5.35. The fourth-order valence-electron chi connectivity index (χ4n) is 2.93. The second-order valence-electron chi connectivity index (χ2n) is 5.60. The molecule has 1 fully saturated rings. The van der Waals surface area contributed by atoms with Gasteiger partial charge in [0.1, 0.15) is 0 Å². The van der Waals surface area contributed by atoms with Crippen LogP contribution in [0.3, 0.4) is 0 Å². The fraction of sp³-hybridized carbons (Fsp3) is 0.769. The van der Waals surface area contributed by atoms with Crippen LogP contribution in [0.1, 0.15) is 40.0 Å². The first-order valence-electron chi connectivity index (χ1n) is 7.22. The van der Waals surface area contributed by atoms with E-state index >= 15 is 0 Å². The van der Waals surface area contributed by atoms with Gasteiger partial charge in [0.25, 0.3) is 0 Å². The average molecular weight is 280 g/mol. The van der Waals surface area contributed by atoms with Crippen LogP contribution in [0.4, 0.5) is 11.9 Å². The Hall–Kier alpha value is -1.63. The minimum Gasteiger partial charge on any atom is -0.464 e. The molecule has 0 aliphatic heterocycles. The normalized spacial score (nSPS) is 26.1. The Balaban J connectivity index is 2.09. The highest BCUT2D eigenvalue weighted by Gasteiger charge is 2.24. The van der Waals surface area contributed by atoms with E-state index in [-0.39, 0.29) is 6.01 Å². The van der Waals surface area contributed by atoms with Crippen LogP contribution >= 0.6 is 0 Å². The zero-order valence-corrected chi connectivity index (χ0v) is 12.4. The molecule has 2 rings (SSSR count). The van der Waals surface area contributed by atoms with Crippen LogP contribution in [0.25, 0.3) is 0 Å². The number of nitrogen functional groups attached to an aromatic ring is 1. The Labute approximate surface area is 119 Å². The molecule has 20 heavy (non-hydrogen) atoms. The largest absolute Gasteiger partial charge is 0.464 e. The number of hydrogen-bond acceptors (Lipinski definition) is 7. The molecule has 2 atom stereocenters. The Morgan fingerprint density at radius 3 is 2.35 bits per heavy atom. The maximum absolute atomic E-state index is 5.37. The maximum Gasteiger partial charge on any atom is 0.323 e. The Morgan fingerprint density at radius 2 is 1.75 bits per heavy atom. The van der Waals surface area contributed by atoms with E-state index in [1.807, 2.05) is 6.92 Å². The van der Waals surface area contributed by atoms with Gasteiger partial charge in [-0.1, -0.05) is 13.8 Å². The summed E-state index contributed by atoms with van der Waals surface area (Å²) in [6, 6.07) is 0.672. The molecule has 7 nitrogen and oxygen atoms in total. The third kappa shape index (κ3) is 3.93. The van der Waals surface area contributed by atoms with E-state index in [9.17, 15) is 0 Å². The monoisotopic (exact) mass is 280 g/mol. The summed E-state index contributed by atoms with van der Waals surface area (Å²) in [5.74, 6) is 7.64. The highest BCUT2D eigenvalue weighted by atomic mass is 16.5. The van der Waals surface area contributed by atoms with Gasteiger partial charge in [0.2, 0.25) is 11.9 Å². The molecule has 112 valence electrons. The van der Waals surface area contributed by atoms with Crippen LogP contribution in [0.2, 0.25) is 0 Å². The summed E-state index contributed by atoms with van der Waals surface area (Å²) in [4.78, 5) is 12.5. The standard InChI is InChI=1S/C13H24N6O/c1-4-20-13-17-11(16-12(18-13)19-14)15-10-6-8(2)5-9(3)7-10/h8-10H,4-7,14H2,1-3H3,(H2,15,16,17,18,19). The summed E-state index contributed by atoms with van der Waals surface area (Å²) < 4.78 is 5.32. The lowest BCUT2D eigenvalue weighted by molar-refractivity contribution is 0.279. The van der Waals surface area contributed by atoms with Crippen LogP contribution in [0, 0.1) is 11.8 Å². The van der Waals surface area contributed by atoms with E-state index in [4.69, 9.17) is 10.6 Å². The van der Waals surface area contributed by atoms with E-state index in [0.717, 1.165) is 24.7 Å². The minimum atomic E-state index is 0.287. The van der Waals surface area contributed by atoms with Crippen molar-refractivity contribution in [3.8, 4) is 6.01 Å². The number of aromatic nitrogens is 3. The predicted molar refractivity (Wildman–Crippen MR) is 78.4 cm³/mol. The van der Waals surface area contributed by atoms with Crippen molar-refractivity contribution in [2.75, 3.05) is 17.3 Å². The zero-order valence-electron chi connectivity index (χ0n) is 12.4. The van der Waals surface area contributed by atoms with Crippen molar-refractivity contribution in [3.05, 3.63) is 0 Å². The van der Waals surface area contributed by atoms with Gasteiger partial charge in [-0.15, -0.1) is 0 Å². The summed E-state index contributed by atoms with van der Waals surface area (Å²) in [6.07, 6.45) is 3.55. The molecule has 1 aliphatic carbocycles. The van der Waals surface area contributed by atoms with E-state index in [2.05, 4.69) is 39.5 Å². The molecule has 0 radical (unpaired) electrons. The van der Waals surface area contributed by atoms with Crippen molar-refractivity contribution < 1.29 is 4.74 Å². The second kappa shape index (κ2) is 6.69. The first-order chi connectivity index (χ1) is 9.60. The lowest BCUT2D eigenvalue weighted by Gasteiger charge is -2.31. The van der Waals surface area contributed by atoms with Gasteiger partial charge in [-0.2, -0.15) is 15.0 Å². The number of nitrogens with two attached hydrogens (primary N) is 1. The van der Waals surface area contributed by atoms with Crippen molar-refractivity contribution in [2.45, 2.75) is 46.1 Å². The van der Waals surface area contributed by atoms with Crippen molar-refractivity contribution in [1.82, 2.24) is 15.0 Å². The Bertz CT molecular complexity index is 431. The predicted octanol–water partition coefficient (Wildman–Crippen LogP) is 1.79. The number of nitrogens with zero attached hydrogens (tertiary/aromatic N) is 3. The zero-order chi connectivity index (χ0) is 14.5. The Morgan fingerprint density at radius 1 is 1.10 bits per heavy atom. The van der Waals surface area contributed by atoms with Crippen LogP contribution in [-0.2, 0) is 0 Å². The minimum absolute atomic E-state index is 0.287. The molecule has 2 unspecified atom stereocenters. The van der Waals surface area contributed by atoms with Crippen molar-refractivity contribution in [3.63, 3.8) is 0 Å². The number of anilines is 2. The SMILES string of the molecule is CCOc1nc(NN)nc(NC2CC(C)CC(C)C2)n1. The fourth-order valence-corrected chi connectivity index (χ4v) is 2.93. The molecule has 1 saturated carbocycles. The molecule has 4 N–H and O–H groups in total. The van der Waals surface area contributed by atoms with Gasteiger partial charge in [-0.3, -0.25) is 5.43 Å². The van der Waals surface area contributed by atoms with Crippen LogP contribution in [0.15, 0.2) is 0 Å². The van der Waals surface area contributed by atoms with Gasteiger partial charge in [0, 0.05) is 6.04 Å². The summed E-state index contributed by atoms with van der Waals surface area (Å²) >= 11 is 0. The molecular formula is C13H24N6O. The molecule has 1 aromatic heterocycles. The molecule has 0 amide bonds. The topological polar surface area (TPSA) is 98.0 Å². The quantitative estimate of drug-likeness (QED) is 0.558. The van der Waals surface area contributed by atoms with Crippen LogP contribution < -0.4 is 21.3 Å². The van der Waals surface area contributed by atoms with Gasteiger partial charge in [-0.25, -0.2) is 5.84 Å². The summed E-state index contributed by atoms with van der Waals surface area (Å²) in [5.41, 5.74) is 2.44. The molecule has 0 spiro atoms. The van der Waals surface area contributed by atoms with Gasteiger partial charge < -0.3 is 10.1 Å². The lowest BCUT2D eigenvalue weighted by Crippen LogP contribution is -2.31. The van der Waals surface area contributed by atoms with Gasteiger partial charge in [-0.05, 0) is 38.0 Å². The van der Waals surface area contributed by atoms with Crippen LogP contribution in [0.5, 0.6) is 6.01 Å². The van der Waals surface area contributed by atoms with Gasteiger partial charge >= 0.3 is 6.01 Å². The average Bonchev–Trinajstić information content (AvgIpc) is 2.37. The first-order valence-corrected chi connectivity index (χ1v) is 7.22. The van der Waals surface area contributed by atoms with E-state index < -0.39 is 0 Å². The summed E-state index contributed by atoms with van der Waals surface area (Å²) in [5, 5.41) is 3.38. The third-order valence-corrected chi connectivity index (χ3v) is 3.53. The molecule has 0 bridgehead atoms. The molecular weight excluding hydrogens is 256 g/mol. The maximum atomic E-state index is 5.37. The van der Waals surface area contributed by atoms with Gasteiger partial charge in [0.05, 0.1) is 6.61 Å². The van der Waals surface area contributed by atoms with E-state index in [0.29, 0.717) is 24.5 Å². The van der Waals surface area contributed by atoms with Gasteiger partial charge in [0.15, 0.2) is 0 Å². The van der Waals surface area contributed by atoms with Crippen LogP contribution in [-0.4, -0.2) is 27.6 Å². The first kappa shape index (κ1) is 14.8. The Kier molecular flexibility index (Phi) is 4.94. The third-order valence-electron chi connectivity index (χ3n) is 3.53. The molecule has 1 heterocycles. The summed E-state index contributed by atoms with van der Waals surface area (Å²) in [7, 11) is 0. The lowest BCUT2D eigenvalue weighted by atomic mass is 9.80. The van der Waals surface area contributed by atoms with Crippen molar-refractivity contribution >= 4 is 11.9 Å². The smallest absolute Gasteiger partial charge is 0.323 e. The van der Waals surface area contributed by atoms with Crippen molar-refractivity contribution in [2.24, 2.45) is 17.7 Å². The van der Waals surface area contributed by atoms with E-state index in [1.165, 1.54) is 6.42 Å². The summed E-state index contributed by atoms with van der Waals surface area (Å²) in [6.45, 7) is 6.97. The van der Waals surface area contributed by atoms with E-state index in [1.54, 1.807) is 0 Å². The molecule has 0 aromatic carbocycles. The molecule has 7 heteroatoms. The van der Waals surface area contributed by atoms with Crippen molar-refractivity contribution in [1.29, 1.82) is 0 Å². The number of ether oxygens (including phenoxy) is 1. The number of rotatable bonds is 5. The molecule has 1 aliphatic rings. The molecule has 1 aromatic rings. The second-order valence-corrected chi connectivity index (χ2v) is 5.60. The number of nitrogens with one attached hydrogen (secondary N) is 2. The number of hydrogen-bond donors (Lipinski definition) is 3.